The van der Waals surface area contributed by atoms with Gasteiger partial charge in [0.1, 0.15) is 0 Å². The standard InChI is InChI=1S/C12H18N2O2/c1-4-8(2)14-11-6-5-9(7-10(11)13)12(15)16-3/h5-8,14H,4,13H2,1-3H3/t8-/m0/s1. The molecule has 1 aromatic rings. The van der Waals surface area contributed by atoms with E-state index in [1.807, 2.05) is 0 Å². The van der Waals surface area contributed by atoms with Crippen LogP contribution in [0.2, 0.25) is 0 Å². The molecule has 0 spiro atoms. The summed E-state index contributed by atoms with van der Waals surface area (Å²) in [5.74, 6) is -0.373. The lowest BCUT2D eigenvalue weighted by Gasteiger charge is -2.15. The Labute approximate surface area is 95.8 Å². The molecule has 0 fully saturated rings. The first-order valence-corrected chi connectivity index (χ1v) is 5.32. The number of carbonyl (C=O) groups is 1. The van der Waals surface area contributed by atoms with Gasteiger partial charge in [0.2, 0.25) is 0 Å². The molecule has 0 saturated carbocycles. The molecule has 0 unspecified atom stereocenters. The first-order chi connectivity index (χ1) is 7.58. The summed E-state index contributed by atoms with van der Waals surface area (Å²) in [7, 11) is 1.35. The molecule has 0 aliphatic heterocycles. The fourth-order valence-electron chi connectivity index (χ4n) is 1.31. The molecule has 0 amide bonds. The number of nitrogen functional groups attached to an aromatic ring is 1. The van der Waals surface area contributed by atoms with Gasteiger partial charge in [0.15, 0.2) is 0 Å². The van der Waals surface area contributed by atoms with Gasteiger partial charge in [-0.15, -0.1) is 0 Å². The van der Waals surface area contributed by atoms with E-state index in [1.54, 1.807) is 18.2 Å². The molecule has 0 bridgehead atoms. The van der Waals surface area contributed by atoms with Crippen molar-refractivity contribution in [2.24, 2.45) is 0 Å². The number of methoxy groups -OCH3 is 1. The van der Waals surface area contributed by atoms with Gasteiger partial charge in [0, 0.05) is 6.04 Å². The van der Waals surface area contributed by atoms with Crippen molar-refractivity contribution in [3.05, 3.63) is 23.8 Å². The van der Waals surface area contributed by atoms with Crippen molar-refractivity contribution in [3.8, 4) is 0 Å². The maximum absolute atomic E-state index is 11.3. The van der Waals surface area contributed by atoms with Crippen molar-refractivity contribution in [1.82, 2.24) is 0 Å². The van der Waals surface area contributed by atoms with Gasteiger partial charge in [-0.1, -0.05) is 6.92 Å². The summed E-state index contributed by atoms with van der Waals surface area (Å²) < 4.78 is 4.62. The molecule has 16 heavy (non-hydrogen) atoms. The molecule has 4 heteroatoms. The summed E-state index contributed by atoms with van der Waals surface area (Å²) in [6.07, 6.45) is 1.01. The van der Waals surface area contributed by atoms with Crippen LogP contribution in [0.4, 0.5) is 11.4 Å². The summed E-state index contributed by atoms with van der Waals surface area (Å²) in [5.41, 5.74) is 7.72. The second-order valence-electron chi connectivity index (χ2n) is 3.75. The number of hydrogen-bond donors (Lipinski definition) is 2. The van der Waals surface area contributed by atoms with Crippen LogP contribution in [0.5, 0.6) is 0 Å². The molecular weight excluding hydrogens is 204 g/mol. The number of hydrogen-bond acceptors (Lipinski definition) is 4. The highest BCUT2D eigenvalue weighted by Gasteiger charge is 2.08. The van der Waals surface area contributed by atoms with Gasteiger partial charge in [-0.3, -0.25) is 0 Å². The number of rotatable bonds is 4. The van der Waals surface area contributed by atoms with Crippen LogP contribution < -0.4 is 11.1 Å². The van der Waals surface area contributed by atoms with Crippen LogP contribution in [0.1, 0.15) is 30.6 Å². The first-order valence-electron chi connectivity index (χ1n) is 5.32. The van der Waals surface area contributed by atoms with Crippen LogP contribution in [0, 0.1) is 0 Å². The Kier molecular flexibility index (Phi) is 4.17. The molecule has 0 heterocycles. The summed E-state index contributed by atoms with van der Waals surface area (Å²) in [5, 5.41) is 3.27. The van der Waals surface area contributed by atoms with Gasteiger partial charge in [-0.05, 0) is 31.5 Å². The third-order valence-corrected chi connectivity index (χ3v) is 2.49. The Bertz CT molecular complexity index is 377. The van der Waals surface area contributed by atoms with Crippen molar-refractivity contribution in [2.75, 3.05) is 18.2 Å². The second kappa shape index (κ2) is 5.39. The Morgan fingerprint density at radius 3 is 2.75 bits per heavy atom. The highest BCUT2D eigenvalue weighted by atomic mass is 16.5. The largest absolute Gasteiger partial charge is 0.465 e. The molecule has 4 nitrogen and oxygen atoms in total. The van der Waals surface area contributed by atoms with E-state index in [1.165, 1.54) is 7.11 Å². The molecule has 1 atom stereocenters. The van der Waals surface area contributed by atoms with Crippen molar-refractivity contribution >= 4 is 17.3 Å². The molecule has 3 N–H and O–H groups in total. The van der Waals surface area contributed by atoms with Crippen LogP contribution in [0.3, 0.4) is 0 Å². The lowest BCUT2D eigenvalue weighted by atomic mass is 10.1. The minimum atomic E-state index is -0.373. The molecule has 88 valence electrons. The number of ether oxygens (including phenoxy) is 1. The van der Waals surface area contributed by atoms with E-state index in [-0.39, 0.29) is 5.97 Å². The third-order valence-electron chi connectivity index (χ3n) is 2.49. The quantitative estimate of drug-likeness (QED) is 0.606. The van der Waals surface area contributed by atoms with Gasteiger partial charge in [0.05, 0.1) is 24.0 Å². The van der Waals surface area contributed by atoms with Gasteiger partial charge in [-0.2, -0.15) is 0 Å². The number of anilines is 2. The second-order valence-corrected chi connectivity index (χ2v) is 3.75. The van der Waals surface area contributed by atoms with E-state index >= 15 is 0 Å². The third kappa shape index (κ3) is 2.89. The van der Waals surface area contributed by atoms with E-state index in [9.17, 15) is 4.79 Å². The molecule has 0 aliphatic rings. The Morgan fingerprint density at radius 1 is 1.56 bits per heavy atom. The summed E-state index contributed by atoms with van der Waals surface area (Å²) in [6, 6.07) is 5.48. The van der Waals surface area contributed by atoms with Gasteiger partial charge in [0.25, 0.3) is 0 Å². The van der Waals surface area contributed by atoms with E-state index in [2.05, 4.69) is 23.9 Å². The van der Waals surface area contributed by atoms with Crippen molar-refractivity contribution < 1.29 is 9.53 Å². The number of benzene rings is 1. The summed E-state index contributed by atoms with van der Waals surface area (Å²) >= 11 is 0. The summed E-state index contributed by atoms with van der Waals surface area (Å²) in [6.45, 7) is 4.17. The zero-order valence-electron chi connectivity index (χ0n) is 9.91. The molecule has 0 saturated heterocycles. The average Bonchev–Trinajstić information content (AvgIpc) is 2.30. The van der Waals surface area contributed by atoms with Crippen molar-refractivity contribution in [3.63, 3.8) is 0 Å². The minimum Gasteiger partial charge on any atom is -0.465 e. The first kappa shape index (κ1) is 12.4. The van der Waals surface area contributed by atoms with Crippen LogP contribution in [-0.2, 0) is 4.74 Å². The van der Waals surface area contributed by atoms with Crippen LogP contribution in [0.25, 0.3) is 0 Å². The van der Waals surface area contributed by atoms with Gasteiger partial charge in [-0.25, -0.2) is 4.79 Å². The van der Waals surface area contributed by atoms with Gasteiger partial charge < -0.3 is 15.8 Å². The number of nitrogens with two attached hydrogens (primary N) is 1. The normalized spacial score (nSPS) is 11.9. The highest BCUT2D eigenvalue weighted by Crippen LogP contribution is 2.21. The molecular formula is C12H18N2O2. The highest BCUT2D eigenvalue weighted by molar-refractivity contribution is 5.91. The molecule has 1 rings (SSSR count). The van der Waals surface area contributed by atoms with Crippen LogP contribution in [-0.4, -0.2) is 19.1 Å². The topological polar surface area (TPSA) is 64.3 Å². The SMILES string of the molecule is CC[C@H](C)Nc1ccc(C(=O)OC)cc1N. The Balaban J connectivity index is 2.87. The number of nitrogens with one attached hydrogen (secondary N) is 1. The predicted molar refractivity (Wildman–Crippen MR) is 65.6 cm³/mol. The number of esters is 1. The molecule has 0 aromatic heterocycles. The number of carbonyl (C=O) groups excluding carboxylic acids is 1. The molecule has 1 aromatic carbocycles. The smallest absolute Gasteiger partial charge is 0.337 e. The van der Waals surface area contributed by atoms with E-state index in [4.69, 9.17) is 5.73 Å². The summed E-state index contributed by atoms with van der Waals surface area (Å²) in [4.78, 5) is 11.3. The van der Waals surface area contributed by atoms with Crippen molar-refractivity contribution in [2.45, 2.75) is 26.3 Å². The monoisotopic (exact) mass is 222 g/mol. The zero-order valence-corrected chi connectivity index (χ0v) is 9.91. The Morgan fingerprint density at radius 2 is 2.25 bits per heavy atom. The molecule has 0 aliphatic carbocycles. The van der Waals surface area contributed by atoms with Gasteiger partial charge >= 0.3 is 5.97 Å². The van der Waals surface area contributed by atoms with Crippen LogP contribution in [0.15, 0.2) is 18.2 Å². The zero-order chi connectivity index (χ0) is 12.1. The van der Waals surface area contributed by atoms with E-state index in [0.29, 0.717) is 17.3 Å². The predicted octanol–water partition coefficient (Wildman–Crippen LogP) is 2.27. The van der Waals surface area contributed by atoms with Crippen LogP contribution >= 0.6 is 0 Å². The Hall–Kier alpha value is -1.71. The lowest BCUT2D eigenvalue weighted by Crippen LogP contribution is -2.15. The maximum atomic E-state index is 11.3. The fourth-order valence-corrected chi connectivity index (χ4v) is 1.31. The van der Waals surface area contributed by atoms with Crippen molar-refractivity contribution in [1.29, 1.82) is 0 Å². The van der Waals surface area contributed by atoms with E-state index in [0.717, 1.165) is 12.1 Å². The van der Waals surface area contributed by atoms with E-state index < -0.39 is 0 Å². The fraction of sp³-hybridized carbons (Fsp3) is 0.417. The molecule has 0 radical (unpaired) electrons. The minimum absolute atomic E-state index is 0.353. The average molecular weight is 222 g/mol. The lowest BCUT2D eigenvalue weighted by molar-refractivity contribution is 0.0601. The maximum Gasteiger partial charge on any atom is 0.337 e.